The van der Waals surface area contributed by atoms with Crippen LogP contribution in [0.25, 0.3) is 0 Å². The van der Waals surface area contributed by atoms with Gasteiger partial charge in [0.25, 0.3) is 0 Å². The van der Waals surface area contributed by atoms with E-state index in [9.17, 15) is 4.79 Å². The quantitative estimate of drug-likeness (QED) is 0.747. The van der Waals surface area contributed by atoms with Gasteiger partial charge in [0.2, 0.25) is 5.91 Å². The fourth-order valence-electron chi connectivity index (χ4n) is 2.69. The van der Waals surface area contributed by atoms with Crippen molar-refractivity contribution in [3.63, 3.8) is 0 Å². The number of rotatable bonds is 2. The first-order valence-corrected chi connectivity index (χ1v) is 6.35. The fraction of sp³-hybridized carbons (Fsp3) is 0.917. The lowest BCUT2D eigenvalue weighted by atomic mass is 10.0. The second-order valence-electron chi connectivity index (χ2n) is 4.84. The molecule has 1 aliphatic heterocycles. The lowest BCUT2D eigenvalue weighted by Gasteiger charge is -2.21. The van der Waals surface area contributed by atoms with Crippen molar-refractivity contribution in [3.05, 3.63) is 0 Å². The first-order chi connectivity index (χ1) is 7.36. The molecule has 86 valence electrons. The Morgan fingerprint density at radius 2 is 1.93 bits per heavy atom. The predicted octanol–water partition coefficient (Wildman–Crippen LogP) is 1.39. The van der Waals surface area contributed by atoms with Gasteiger partial charge in [-0.3, -0.25) is 4.79 Å². The lowest BCUT2D eigenvalue weighted by molar-refractivity contribution is -0.131. The Morgan fingerprint density at radius 1 is 1.13 bits per heavy atom. The molecule has 1 saturated heterocycles. The van der Waals surface area contributed by atoms with Gasteiger partial charge in [0, 0.05) is 26.1 Å². The molecule has 0 spiro atoms. The van der Waals surface area contributed by atoms with Crippen LogP contribution >= 0.6 is 0 Å². The Labute approximate surface area is 92.2 Å². The molecule has 2 rings (SSSR count). The number of carbonyl (C=O) groups is 1. The highest BCUT2D eigenvalue weighted by Gasteiger charge is 2.22. The third kappa shape index (κ3) is 3.20. The Hall–Kier alpha value is -0.570. The highest BCUT2D eigenvalue weighted by atomic mass is 16.2. The van der Waals surface area contributed by atoms with E-state index in [1.807, 2.05) is 0 Å². The number of amides is 1. The third-order valence-electron chi connectivity index (χ3n) is 3.63. The highest BCUT2D eigenvalue weighted by molar-refractivity contribution is 5.76. The van der Waals surface area contributed by atoms with Crippen molar-refractivity contribution in [1.82, 2.24) is 10.2 Å². The minimum Gasteiger partial charge on any atom is -0.341 e. The summed E-state index contributed by atoms with van der Waals surface area (Å²) in [5.74, 6) is 1.08. The maximum Gasteiger partial charge on any atom is 0.222 e. The zero-order valence-corrected chi connectivity index (χ0v) is 9.50. The first kappa shape index (κ1) is 10.9. The van der Waals surface area contributed by atoms with E-state index >= 15 is 0 Å². The van der Waals surface area contributed by atoms with Crippen molar-refractivity contribution in [3.8, 4) is 0 Å². The van der Waals surface area contributed by atoms with Gasteiger partial charge in [-0.25, -0.2) is 0 Å². The average Bonchev–Trinajstić information content (AvgIpc) is 2.58. The molecule has 1 amide bonds. The highest BCUT2D eigenvalue weighted by Crippen LogP contribution is 2.28. The van der Waals surface area contributed by atoms with E-state index in [-0.39, 0.29) is 0 Å². The molecule has 1 heterocycles. The molecular formula is C12H22N2O. The van der Waals surface area contributed by atoms with E-state index in [0.717, 1.165) is 39.0 Å². The summed E-state index contributed by atoms with van der Waals surface area (Å²) in [6.45, 7) is 3.90. The van der Waals surface area contributed by atoms with Crippen molar-refractivity contribution in [2.45, 2.75) is 38.5 Å². The maximum absolute atomic E-state index is 12.0. The Morgan fingerprint density at radius 3 is 2.73 bits per heavy atom. The number of hydrogen-bond acceptors (Lipinski definition) is 2. The predicted molar refractivity (Wildman–Crippen MR) is 60.6 cm³/mol. The second kappa shape index (κ2) is 5.50. The summed E-state index contributed by atoms with van der Waals surface area (Å²) in [5, 5.41) is 3.33. The van der Waals surface area contributed by atoms with Crippen LogP contribution in [-0.2, 0) is 4.79 Å². The molecule has 3 heteroatoms. The molecule has 2 aliphatic rings. The van der Waals surface area contributed by atoms with Gasteiger partial charge in [0.15, 0.2) is 0 Å². The number of nitrogens with one attached hydrogen (secondary N) is 1. The van der Waals surface area contributed by atoms with E-state index in [1.54, 1.807) is 0 Å². The average molecular weight is 210 g/mol. The molecule has 1 aliphatic carbocycles. The van der Waals surface area contributed by atoms with Gasteiger partial charge < -0.3 is 10.2 Å². The van der Waals surface area contributed by atoms with Crippen molar-refractivity contribution < 1.29 is 4.79 Å². The van der Waals surface area contributed by atoms with Crippen molar-refractivity contribution in [2.75, 3.05) is 26.2 Å². The molecule has 0 radical (unpaired) electrons. The van der Waals surface area contributed by atoms with Gasteiger partial charge in [-0.15, -0.1) is 0 Å². The van der Waals surface area contributed by atoms with Crippen LogP contribution in [0, 0.1) is 5.92 Å². The van der Waals surface area contributed by atoms with Crippen LogP contribution < -0.4 is 5.32 Å². The zero-order chi connectivity index (χ0) is 10.5. The molecule has 1 saturated carbocycles. The van der Waals surface area contributed by atoms with Crippen molar-refractivity contribution in [2.24, 2.45) is 5.92 Å². The van der Waals surface area contributed by atoms with Crippen LogP contribution in [0.4, 0.5) is 0 Å². The monoisotopic (exact) mass is 210 g/mol. The largest absolute Gasteiger partial charge is 0.341 e. The van der Waals surface area contributed by atoms with Gasteiger partial charge in [-0.2, -0.15) is 0 Å². The van der Waals surface area contributed by atoms with Crippen LogP contribution in [-0.4, -0.2) is 37.0 Å². The number of nitrogens with zero attached hydrogens (tertiary/aromatic N) is 1. The molecule has 0 aromatic heterocycles. The van der Waals surface area contributed by atoms with Crippen molar-refractivity contribution in [1.29, 1.82) is 0 Å². The third-order valence-corrected chi connectivity index (χ3v) is 3.63. The summed E-state index contributed by atoms with van der Waals surface area (Å²) in [4.78, 5) is 14.1. The van der Waals surface area contributed by atoms with Crippen LogP contribution in [0.3, 0.4) is 0 Å². The van der Waals surface area contributed by atoms with E-state index in [4.69, 9.17) is 0 Å². The van der Waals surface area contributed by atoms with Crippen LogP contribution in [0.15, 0.2) is 0 Å². The SMILES string of the molecule is O=C(CC1CCCC1)N1CCCNCC1. The summed E-state index contributed by atoms with van der Waals surface area (Å²) in [5.41, 5.74) is 0. The maximum atomic E-state index is 12.0. The van der Waals surface area contributed by atoms with E-state index in [1.165, 1.54) is 25.7 Å². The minimum absolute atomic E-state index is 0.394. The zero-order valence-electron chi connectivity index (χ0n) is 9.50. The molecule has 0 aromatic carbocycles. The lowest BCUT2D eigenvalue weighted by Crippen LogP contribution is -2.34. The number of carbonyl (C=O) groups excluding carboxylic acids is 1. The second-order valence-corrected chi connectivity index (χ2v) is 4.84. The summed E-state index contributed by atoms with van der Waals surface area (Å²) >= 11 is 0. The Kier molecular flexibility index (Phi) is 4.01. The summed E-state index contributed by atoms with van der Waals surface area (Å²) < 4.78 is 0. The van der Waals surface area contributed by atoms with Crippen LogP contribution in [0.1, 0.15) is 38.5 Å². The van der Waals surface area contributed by atoms with Gasteiger partial charge in [-0.05, 0) is 31.7 Å². The molecular weight excluding hydrogens is 188 g/mol. The molecule has 3 nitrogen and oxygen atoms in total. The molecule has 2 fully saturated rings. The Balaban J connectivity index is 1.77. The summed E-state index contributed by atoms with van der Waals surface area (Å²) in [6.07, 6.45) is 7.13. The Bertz CT molecular complexity index is 204. The van der Waals surface area contributed by atoms with Gasteiger partial charge >= 0.3 is 0 Å². The molecule has 15 heavy (non-hydrogen) atoms. The molecule has 0 atom stereocenters. The van der Waals surface area contributed by atoms with Gasteiger partial charge in [-0.1, -0.05) is 12.8 Å². The van der Waals surface area contributed by atoms with Gasteiger partial charge in [0.05, 0.1) is 0 Å². The van der Waals surface area contributed by atoms with E-state index < -0.39 is 0 Å². The van der Waals surface area contributed by atoms with E-state index in [2.05, 4.69) is 10.2 Å². The van der Waals surface area contributed by atoms with Crippen molar-refractivity contribution >= 4 is 5.91 Å². The molecule has 1 N–H and O–H groups in total. The van der Waals surface area contributed by atoms with Crippen LogP contribution in [0.5, 0.6) is 0 Å². The number of hydrogen-bond donors (Lipinski definition) is 1. The standard InChI is InChI=1S/C12H22N2O/c15-12(10-11-4-1-2-5-11)14-8-3-6-13-7-9-14/h11,13H,1-10H2. The smallest absolute Gasteiger partial charge is 0.222 e. The normalized spacial score (nSPS) is 24.1. The minimum atomic E-state index is 0.394. The summed E-state index contributed by atoms with van der Waals surface area (Å²) in [6, 6.07) is 0. The van der Waals surface area contributed by atoms with Gasteiger partial charge in [0.1, 0.15) is 0 Å². The summed E-state index contributed by atoms with van der Waals surface area (Å²) in [7, 11) is 0. The topological polar surface area (TPSA) is 32.3 Å². The molecule has 0 aromatic rings. The molecule has 0 unspecified atom stereocenters. The fourth-order valence-corrected chi connectivity index (χ4v) is 2.69. The van der Waals surface area contributed by atoms with E-state index in [0.29, 0.717) is 11.8 Å². The van der Waals surface area contributed by atoms with Crippen LogP contribution in [0.2, 0.25) is 0 Å². The molecule has 0 bridgehead atoms. The first-order valence-electron chi connectivity index (χ1n) is 6.35.